The van der Waals surface area contributed by atoms with Crippen molar-refractivity contribution in [1.29, 1.82) is 0 Å². The van der Waals surface area contributed by atoms with Crippen LogP contribution in [0.3, 0.4) is 0 Å². The van der Waals surface area contributed by atoms with Gasteiger partial charge in [0.15, 0.2) is 0 Å². The number of thiophene rings is 2. The first-order valence-corrected chi connectivity index (χ1v) is 10.7. The molecule has 2 aromatic carbocycles. The van der Waals surface area contributed by atoms with E-state index in [2.05, 4.69) is 69.1 Å². The first-order valence-electron chi connectivity index (χ1n) is 8.92. The maximum Gasteiger partial charge on any atom is 0.108 e. The van der Waals surface area contributed by atoms with E-state index in [1.807, 2.05) is 22.7 Å². The Hall–Kier alpha value is -2.56. The van der Waals surface area contributed by atoms with E-state index in [0.29, 0.717) is 0 Å². The highest BCUT2D eigenvalue weighted by Gasteiger charge is 2.22. The molecule has 2 nitrogen and oxygen atoms in total. The van der Waals surface area contributed by atoms with Gasteiger partial charge in [0.2, 0.25) is 0 Å². The normalized spacial score (nSPS) is 13.0. The van der Waals surface area contributed by atoms with Gasteiger partial charge in [0.25, 0.3) is 0 Å². The highest BCUT2D eigenvalue weighted by Crippen LogP contribution is 2.45. The standard InChI is InChI=1S/C22H14N2S2/c1-2-23-15-5-3-4-14-18(15)19-16(23)7-6-12-13-8-10-26-22(13)24(20(12)19)17-9-11-25-21(14)17/h3-11H,2H2,1H3. The largest absolute Gasteiger partial charge is 0.341 e. The molecule has 0 radical (unpaired) electrons. The molecule has 0 aliphatic heterocycles. The smallest absolute Gasteiger partial charge is 0.108 e. The lowest BCUT2D eigenvalue weighted by Crippen LogP contribution is -1.93. The monoisotopic (exact) mass is 370 g/mol. The Morgan fingerprint density at radius 1 is 0.769 bits per heavy atom. The number of aromatic nitrogens is 2. The van der Waals surface area contributed by atoms with Crippen LogP contribution in [0.4, 0.5) is 0 Å². The van der Waals surface area contributed by atoms with Crippen LogP contribution < -0.4 is 0 Å². The number of fused-ring (bicyclic) bond motifs is 6. The average Bonchev–Trinajstić information content (AvgIpc) is 3.40. The van der Waals surface area contributed by atoms with Crippen LogP contribution in [0.1, 0.15) is 6.92 Å². The van der Waals surface area contributed by atoms with Crippen molar-refractivity contribution in [3.8, 4) is 0 Å². The summed E-state index contributed by atoms with van der Waals surface area (Å²) < 4.78 is 6.37. The SMILES string of the molecule is CCn1c2cccc3c4sccc4n4c5sccc5c5ccc1c(c32)c54. The third-order valence-corrected chi connectivity index (χ3v) is 7.67. The molecule has 0 spiro atoms. The minimum atomic E-state index is 0.987. The fourth-order valence-corrected chi connectivity index (χ4v) is 6.72. The molecule has 0 aliphatic carbocycles. The van der Waals surface area contributed by atoms with Gasteiger partial charge in [0.05, 0.1) is 21.3 Å². The second-order valence-electron chi connectivity index (χ2n) is 6.91. The van der Waals surface area contributed by atoms with E-state index >= 15 is 0 Å². The molecule has 5 heterocycles. The van der Waals surface area contributed by atoms with Gasteiger partial charge in [-0.2, -0.15) is 0 Å². The van der Waals surface area contributed by atoms with E-state index in [1.54, 1.807) is 0 Å². The molecule has 7 aromatic rings. The summed E-state index contributed by atoms with van der Waals surface area (Å²) in [5.41, 5.74) is 5.41. The van der Waals surface area contributed by atoms with Crippen molar-refractivity contribution in [3.05, 3.63) is 53.2 Å². The molecule has 0 N–H and O–H groups in total. The molecule has 0 atom stereocenters. The summed E-state index contributed by atoms with van der Waals surface area (Å²) in [5.74, 6) is 0. The zero-order valence-corrected chi connectivity index (χ0v) is 15.7. The fraction of sp³-hybridized carbons (Fsp3) is 0.0909. The minimum absolute atomic E-state index is 0.987. The van der Waals surface area contributed by atoms with Gasteiger partial charge in [-0.05, 0) is 41.9 Å². The van der Waals surface area contributed by atoms with Crippen LogP contribution in [0.2, 0.25) is 0 Å². The Bertz CT molecular complexity index is 1620. The van der Waals surface area contributed by atoms with E-state index in [-0.39, 0.29) is 0 Å². The molecule has 0 amide bonds. The molecule has 0 aliphatic rings. The van der Waals surface area contributed by atoms with Gasteiger partial charge in [-0.1, -0.05) is 18.2 Å². The van der Waals surface area contributed by atoms with Crippen molar-refractivity contribution < 1.29 is 0 Å². The highest BCUT2D eigenvalue weighted by molar-refractivity contribution is 7.18. The molecule has 124 valence electrons. The number of hydrogen-bond donors (Lipinski definition) is 0. The van der Waals surface area contributed by atoms with Gasteiger partial charge in [-0.25, -0.2) is 0 Å². The van der Waals surface area contributed by atoms with Gasteiger partial charge in [0.1, 0.15) is 4.83 Å². The summed E-state index contributed by atoms with van der Waals surface area (Å²) >= 11 is 3.70. The fourth-order valence-electron chi connectivity index (χ4n) is 4.88. The van der Waals surface area contributed by atoms with Gasteiger partial charge in [-0.3, -0.25) is 4.40 Å². The third-order valence-electron chi connectivity index (χ3n) is 5.84. The van der Waals surface area contributed by atoms with Gasteiger partial charge < -0.3 is 4.57 Å². The Morgan fingerprint density at radius 2 is 1.65 bits per heavy atom. The predicted molar refractivity (Wildman–Crippen MR) is 116 cm³/mol. The lowest BCUT2D eigenvalue weighted by molar-refractivity contribution is 0.827. The molecule has 0 saturated carbocycles. The Morgan fingerprint density at radius 3 is 2.58 bits per heavy atom. The Balaban J connectivity index is 2.06. The zero-order chi connectivity index (χ0) is 17.0. The average molecular weight is 371 g/mol. The van der Waals surface area contributed by atoms with Crippen LogP contribution in [-0.2, 0) is 6.54 Å². The topological polar surface area (TPSA) is 9.34 Å². The lowest BCUT2D eigenvalue weighted by atomic mass is 10.1. The molecule has 7 rings (SSSR count). The van der Waals surface area contributed by atoms with E-state index < -0.39 is 0 Å². The van der Waals surface area contributed by atoms with Crippen LogP contribution in [0, 0.1) is 0 Å². The second-order valence-corrected chi connectivity index (χ2v) is 8.72. The summed E-state index contributed by atoms with van der Waals surface area (Å²) in [4.78, 5) is 1.36. The van der Waals surface area contributed by atoms with E-state index in [0.717, 1.165) is 6.54 Å². The maximum absolute atomic E-state index is 2.52. The Labute approximate surface area is 156 Å². The molecule has 4 heteroatoms. The van der Waals surface area contributed by atoms with Gasteiger partial charge >= 0.3 is 0 Å². The van der Waals surface area contributed by atoms with Crippen molar-refractivity contribution in [2.45, 2.75) is 13.5 Å². The molecule has 26 heavy (non-hydrogen) atoms. The molecule has 0 bridgehead atoms. The zero-order valence-electron chi connectivity index (χ0n) is 14.1. The van der Waals surface area contributed by atoms with E-state index in [9.17, 15) is 0 Å². The highest BCUT2D eigenvalue weighted by atomic mass is 32.1. The number of rotatable bonds is 1. The van der Waals surface area contributed by atoms with Crippen LogP contribution in [0.25, 0.3) is 58.5 Å². The number of nitrogens with zero attached hydrogens (tertiary/aromatic N) is 2. The molecule has 0 saturated heterocycles. The van der Waals surface area contributed by atoms with Gasteiger partial charge in [-0.15, -0.1) is 22.7 Å². The number of benzene rings is 2. The Kier molecular flexibility index (Phi) is 2.30. The summed E-state index contributed by atoms with van der Waals surface area (Å²) in [6.45, 7) is 3.23. The van der Waals surface area contributed by atoms with Crippen molar-refractivity contribution in [2.75, 3.05) is 0 Å². The van der Waals surface area contributed by atoms with Crippen LogP contribution in [0.15, 0.2) is 53.2 Å². The second kappa shape index (κ2) is 4.40. The van der Waals surface area contributed by atoms with E-state index in [4.69, 9.17) is 0 Å². The van der Waals surface area contributed by atoms with Crippen molar-refractivity contribution >= 4 is 81.2 Å². The van der Waals surface area contributed by atoms with Crippen LogP contribution in [-0.4, -0.2) is 8.97 Å². The number of hydrogen-bond acceptors (Lipinski definition) is 2. The molecule has 0 fully saturated rings. The van der Waals surface area contributed by atoms with Crippen molar-refractivity contribution in [2.24, 2.45) is 0 Å². The quantitative estimate of drug-likeness (QED) is 0.292. The van der Waals surface area contributed by atoms with Crippen molar-refractivity contribution in [3.63, 3.8) is 0 Å². The summed E-state index contributed by atoms with van der Waals surface area (Å²) in [7, 11) is 0. The van der Waals surface area contributed by atoms with Gasteiger partial charge in [0, 0.05) is 39.0 Å². The van der Waals surface area contributed by atoms with Crippen molar-refractivity contribution in [1.82, 2.24) is 8.97 Å². The van der Waals surface area contributed by atoms with Crippen LogP contribution >= 0.6 is 22.7 Å². The summed E-state index contributed by atoms with van der Waals surface area (Å²) in [6.07, 6.45) is 0. The molecule has 0 unspecified atom stereocenters. The lowest BCUT2D eigenvalue weighted by Gasteiger charge is -2.04. The summed E-state index contributed by atoms with van der Waals surface area (Å²) in [6, 6.07) is 16.0. The van der Waals surface area contributed by atoms with Crippen LogP contribution in [0.5, 0.6) is 0 Å². The number of aryl methyl sites for hydroxylation is 1. The first kappa shape index (κ1) is 13.6. The molecular weight excluding hydrogens is 356 g/mol. The summed E-state index contributed by atoms with van der Waals surface area (Å²) in [5, 5.41) is 11.4. The minimum Gasteiger partial charge on any atom is -0.341 e. The molecule has 5 aromatic heterocycles. The van der Waals surface area contributed by atoms with E-state index in [1.165, 1.54) is 58.5 Å². The maximum atomic E-state index is 2.52. The predicted octanol–water partition coefficient (Wildman–Crippen LogP) is 7.09. The third kappa shape index (κ3) is 1.32. The molecular formula is C22H14N2S2. The first-order chi connectivity index (χ1) is 12.9.